The Morgan fingerprint density at radius 1 is 1.24 bits per heavy atom. The molecular weight excluding hydrogens is 388 g/mol. The van der Waals surface area contributed by atoms with E-state index in [2.05, 4.69) is 20.4 Å². The molecule has 2 aromatic heterocycles. The van der Waals surface area contributed by atoms with Crippen LogP contribution in [-0.4, -0.2) is 21.0 Å². The predicted molar refractivity (Wildman–Crippen MR) is 112 cm³/mol. The lowest BCUT2D eigenvalue weighted by Gasteiger charge is -2.10. The van der Waals surface area contributed by atoms with E-state index in [9.17, 15) is 4.79 Å². The first kappa shape index (κ1) is 20.7. The van der Waals surface area contributed by atoms with Gasteiger partial charge >= 0.3 is 0 Å². The van der Waals surface area contributed by atoms with Crippen molar-refractivity contribution in [1.29, 1.82) is 0 Å². The number of ether oxygens (including phenoxy) is 1. The predicted octanol–water partition coefficient (Wildman–Crippen LogP) is 4.04. The highest BCUT2D eigenvalue weighted by Gasteiger charge is 2.21. The van der Waals surface area contributed by atoms with Gasteiger partial charge in [-0.3, -0.25) is 4.79 Å². The van der Waals surface area contributed by atoms with Crippen molar-refractivity contribution in [2.24, 2.45) is 0 Å². The number of hydrogen-bond donors (Lipinski definition) is 1. The number of benzene rings is 1. The molecule has 29 heavy (non-hydrogen) atoms. The van der Waals surface area contributed by atoms with Crippen molar-refractivity contribution in [1.82, 2.24) is 20.4 Å². The first-order chi connectivity index (χ1) is 13.8. The van der Waals surface area contributed by atoms with E-state index in [1.54, 1.807) is 17.4 Å². The fourth-order valence-corrected chi connectivity index (χ4v) is 2.93. The van der Waals surface area contributed by atoms with Gasteiger partial charge in [0.25, 0.3) is 0 Å². The van der Waals surface area contributed by atoms with Crippen LogP contribution in [0.1, 0.15) is 48.8 Å². The van der Waals surface area contributed by atoms with Gasteiger partial charge in [0.05, 0.1) is 17.2 Å². The summed E-state index contributed by atoms with van der Waals surface area (Å²) in [6.07, 6.45) is 3.21. The highest BCUT2D eigenvalue weighted by Crippen LogP contribution is 2.19. The van der Waals surface area contributed by atoms with E-state index < -0.39 is 0 Å². The zero-order valence-electron chi connectivity index (χ0n) is 16.9. The fraction of sp³-hybridized carbons (Fsp3) is 0.333. The van der Waals surface area contributed by atoms with E-state index in [0.717, 1.165) is 22.0 Å². The summed E-state index contributed by atoms with van der Waals surface area (Å²) in [4.78, 5) is 20.7. The molecule has 0 fully saturated rings. The maximum absolute atomic E-state index is 12.0. The van der Waals surface area contributed by atoms with Crippen molar-refractivity contribution in [2.75, 3.05) is 0 Å². The van der Waals surface area contributed by atoms with Crippen molar-refractivity contribution in [3.63, 3.8) is 0 Å². The number of hydrogen-bond acceptors (Lipinski definition) is 7. The Labute approximate surface area is 173 Å². The first-order valence-corrected chi connectivity index (χ1v) is 10.1. The highest BCUT2D eigenvalue weighted by molar-refractivity contribution is 7.09. The Kier molecular flexibility index (Phi) is 6.43. The quantitative estimate of drug-likeness (QED) is 0.589. The number of nitrogens with zero attached hydrogens (tertiary/aromatic N) is 3. The van der Waals surface area contributed by atoms with Gasteiger partial charge < -0.3 is 14.6 Å². The van der Waals surface area contributed by atoms with Crippen molar-refractivity contribution in [3.8, 4) is 5.75 Å². The summed E-state index contributed by atoms with van der Waals surface area (Å²) >= 11 is 1.60. The van der Waals surface area contributed by atoms with Crippen LogP contribution in [0.3, 0.4) is 0 Å². The van der Waals surface area contributed by atoms with Crippen molar-refractivity contribution < 1.29 is 14.1 Å². The van der Waals surface area contributed by atoms with Crippen LogP contribution in [0.15, 0.2) is 40.2 Å². The van der Waals surface area contributed by atoms with Crippen molar-refractivity contribution >= 4 is 23.3 Å². The molecule has 0 aliphatic rings. The molecule has 2 heterocycles. The van der Waals surface area contributed by atoms with Gasteiger partial charge in [-0.2, -0.15) is 4.98 Å². The van der Waals surface area contributed by atoms with E-state index >= 15 is 0 Å². The normalized spacial score (nSPS) is 11.7. The third-order valence-corrected chi connectivity index (χ3v) is 4.71. The monoisotopic (exact) mass is 412 g/mol. The summed E-state index contributed by atoms with van der Waals surface area (Å²) in [5.74, 6) is 1.52. The number of carbonyl (C=O) groups is 1. The minimum atomic E-state index is -0.230. The average molecular weight is 413 g/mol. The number of aryl methyl sites for hydroxylation is 1. The zero-order valence-corrected chi connectivity index (χ0v) is 17.7. The standard InChI is InChI=1S/C21H24N4O3S/c1-14-23-16(13-29-14)12-27-17-8-5-15(6-9-17)7-10-19(26)22-11-18-24-20(28-25-18)21(2,3)4/h5-10,13H,11-12H2,1-4H3,(H,22,26)/b10-7+. The summed E-state index contributed by atoms with van der Waals surface area (Å²) in [6, 6.07) is 7.51. The smallest absolute Gasteiger partial charge is 0.244 e. The Morgan fingerprint density at radius 3 is 2.62 bits per heavy atom. The number of carbonyl (C=O) groups excluding carboxylic acids is 1. The lowest BCUT2D eigenvalue weighted by molar-refractivity contribution is -0.116. The van der Waals surface area contributed by atoms with E-state index in [4.69, 9.17) is 9.26 Å². The Hall–Kier alpha value is -3.00. The molecule has 1 aromatic carbocycles. The molecule has 0 radical (unpaired) electrons. The molecule has 0 unspecified atom stereocenters. The zero-order chi connectivity index (χ0) is 20.9. The second-order valence-electron chi connectivity index (χ2n) is 7.53. The van der Waals surface area contributed by atoms with Gasteiger partial charge in [0.15, 0.2) is 5.82 Å². The van der Waals surface area contributed by atoms with Crippen LogP contribution in [0.2, 0.25) is 0 Å². The van der Waals surface area contributed by atoms with Crippen LogP contribution >= 0.6 is 11.3 Å². The summed E-state index contributed by atoms with van der Waals surface area (Å²) in [5, 5.41) is 9.64. The van der Waals surface area contributed by atoms with E-state index in [1.807, 2.05) is 57.3 Å². The molecule has 3 rings (SSSR count). The Bertz CT molecular complexity index is 984. The van der Waals surface area contributed by atoms with Crippen molar-refractivity contribution in [3.05, 3.63) is 63.7 Å². The number of thiazole rings is 1. The van der Waals surface area contributed by atoms with Gasteiger partial charge in [0.2, 0.25) is 11.8 Å². The molecule has 3 aromatic rings. The molecule has 0 spiro atoms. The third-order valence-electron chi connectivity index (χ3n) is 3.89. The largest absolute Gasteiger partial charge is 0.487 e. The van der Waals surface area contributed by atoms with Crippen LogP contribution in [0.25, 0.3) is 6.08 Å². The first-order valence-electron chi connectivity index (χ1n) is 9.22. The van der Waals surface area contributed by atoms with Gasteiger partial charge in [-0.25, -0.2) is 4.98 Å². The molecule has 152 valence electrons. The maximum Gasteiger partial charge on any atom is 0.244 e. The lowest BCUT2D eigenvalue weighted by Crippen LogP contribution is -2.21. The van der Waals surface area contributed by atoms with E-state index in [1.165, 1.54) is 6.08 Å². The maximum atomic E-state index is 12.0. The van der Waals surface area contributed by atoms with Gasteiger partial charge in [0.1, 0.15) is 12.4 Å². The molecule has 1 N–H and O–H groups in total. The molecule has 0 saturated heterocycles. The summed E-state index contributed by atoms with van der Waals surface area (Å²) < 4.78 is 10.9. The average Bonchev–Trinajstić information content (AvgIpc) is 3.32. The van der Waals surface area contributed by atoms with E-state index in [0.29, 0.717) is 18.3 Å². The fourth-order valence-electron chi connectivity index (χ4n) is 2.33. The van der Waals surface area contributed by atoms with Crippen LogP contribution in [0.4, 0.5) is 0 Å². The summed E-state index contributed by atoms with van der Waals surface area (Å²) in [6.45, 7) is 8.59. The van der Waals surface area contributed by atoms with Gasteiger partial charge in [-0.05, 0) is 30.7 Å². The third kappa shape index (κ3) is 6.25. The number of nitrogens with one attached hydrogen (secondary N) is 1. The topological polar surface area (TPSA) is 90.1 Å². The minimum absolute atomic E-state index is 0.214. The second-order valence-corrected chi connectivity index (χ2v) is 8.59. The second kappa shape index (κ2) is 9.00. The molecular formula is C21H24N4O3S. The molecule has 0 aliphatic heterocycles. The molecule has 0 atom stereocenters. The van der Waals surface area contributed by atoms with Crippen LogP contribution in [0.5, 0.6) is 5.75 Å². The molecule has 7 nitrogen and oxygen atoms in total. The van der Waals surface area contributed by atoms with Crippen LogP contribution < -0.4 is 10.1 Å². The summed E-state index contributed by atoms with van der Waals surface area (Å²) in [7, 11) is 0. The van der Waals surface area contributed by atoms with Crippen LogP contribution in [-0.2, 0) is 23.4 Å². The van der Waals surface area contributed by atoms with Crippen molar-refractivity contribution in [2.45, 2.75) is 46.3 Å². The van der Waals surface area contributed by atoms with E-state index in [-0.39, 0.29) is 17.9 Å². The van der Waals surface area contributed by atoms with Gasteiger partial charge in [0, 0.05) is 16.9 Å². The molecule has 8 heteroatoms. The SMILES string of the molecule is Cc1nc(COc2ccc(/C=C/C(=O)NCc3noc(C(C)(C)C)n3)cc2)cs1. The van der Waals surface area contributed by atoms with Crippen LogP contribution in [0, 0.1) is 6.92 Å². The molecule has 0 aliphatic carbocycles. The molecule has 0 saturated carbocycles. The molecule has 0 bridgehead atoms. The Morgan fingerprint density at radius 2 is 2.00 bits per heavy atom. The number of amides is 1. The Balaban J connectivity index is 1.46. The highest BCUT2D eigenvalue weighted by atomic mass is 32.1. The lowest BCUT2D eigenvalue weighted by atomic mass is 9.97. The number of rotatable bonds is 7. The number of aromatic nitrogens is 3. The minimum Gasteiger partial charge on any atom is -0.487 e. The van der Waals surface area contributed by atoms with Gasteiger partial charge in [-0.15, -0.1) is 11.3 Å². The van der Waals surface area contributed by atoms with Gasteiger partial charge in [-0.1, -0.05) is 38.1 Å². The molecule has 1 amide bonds. The summed E-state index contributed by atoms with van der Waals surface area (Å²) in [5.41, 5.74) is 1.60.